The van der Waals surface area contributed by atoms with Crippen molar-refractivity contribution >= 4 is 17.9 Å². The van der Waals surface area contributed by atoms with Crippen LogP contribution in [0.5, 0.6) is 0 Å². The van der Waals surface area contributed by atoms with E-state index in [0.29, 0.717) is 17.0 Å². The van der Waals surface area contributed by atoms with E-state index in [1.165, 1.54) is 11.0 Å². The highest BCUT2D eigenvalue weighted by molar-refractivity contribution is 6.30. The number of rotatable bonds is 2. The number of aromatic nitrogens is 3. The third-order valence-electron chi connectivity index (χ3n) is 1.69. The Labute approximate surface area is 85.1 Å². The average molecular weight is 208 g/mol. The number of nitrogens with zero attached hydrogens (tertiary/aromatic N) is 3. The Bertz CT molecular complexity index is 449. The van der Waals surface area contributed by atoms with Crippen LogP contribution >= 0.6 is 11.6 Å². The molecule has 0 atom stereocenters. The molecule has 0 aliphatic carbocycles. The average Bonchev–Trinajstić information content (AvgIpc) is 2.67. The number of carbonyl (C=O) groups is 1. The number of carbonyl (C=O) groups excluding carboxylic acids is 1. The van der Waals surface area contributed by atoms with Crippen molar-refractivity contribution in [2.45, 2.75) is 0 Å². The second kappa shape index (κ2) is 3.59. The van der Waals surface area contributed by atoms with Gasteiger partial charge in [-0.1, -0.05) is 11.6 Å². The Balaban J connectivity index is 2.39. The van der Waals surface area contributed by atoms with Crippen LogP contribution in [0, 0.1) is 0 Å². The van der Waals surface area contributed by atoms with Crippen LogP contribution in [0.4, 0.5) is 0 Å². The number of aldehydes is 1. The number of halogens is 1. The molecule has 0 aliphatic heterocycles. The van der Waals surface area contributed by atoms with E-state index < -0.39 is 0 Å². The number of hydrogen-bond acceptors (Lipinski definition) is 3. The molecule has 0 amide bonds. The molecule has 4 nitrogen and oxygen atoms in total. The van der Waals surface area contributed by atoms with Gasteiger partial charge in [-0.25, -0.2) is 0 Å². The molecule has 0 unspecified atom stereocenters. The minimum Gasteiger partial charge on any atom is -0.296 e. The topological polar surface area (TPSA) is 47.8 Å². The van der Waals surface area contributed by atoms with Crippen LogP contribution in [0.25, 0.3) is 5.69 Å². The largest absolute Gasteiger partial charge is 0.296 e. The first kappa shape index (κ1) is 8.90. The summed E-state index contributed by atoms with van der Waals surface area (Å²) >= 11 is 5.73. The second-order valence-corrected chi connectivity index (χ2v) is 3.09. The molecule has 5 heteroatoms. The number of hydrogen-bond donors (Lipinski definition) is 0. The van der Waals surface area contributed by atoms with Crippen molar-refractivity contribution in [3.8, 4) is 5.69 Å². The van der Waals surface area contributed by atoms with E-state index in [1.54, 1.807) is 24.3 Å². The van der Waals surface area contributed by atoms with Gasteiger partial charge < -0.3 is 0 Å². The maximum absolute atomic E-state index is 10.4. The summed E-state index contributed by atoms with van der Waals surface area (Å²) in [6.07, 6.45) is 2.06. The molecule has 1 aromatic heterocycles. The lowest BCUT2D eigenvalue weighted by Gasteiger charge is -1.97. The van der Waals surface area contributed by atoms with Gasteiger partial charge in [0, 0.05) is 5.02 Å². The van der Waals surface area contributed by atoms with E-state index >= 15 is 0 Å². The highest BCUT2D eigenvalue weighted by Crippen LogP contribution is 2.11. The predicted octanol–water partition coefficient (Wildman–Crippen LogP) is 1.73. The molecule has 0 bridgehead atoms. The van der Waals surface area contributed by atoms with Gasteiger partial charge in [0.05, 0.1) is 11.9 Å². The third-order valence-corrected chi connectivity index (χ3v) is 1.94. The first-order chi connectivity index (χ1) is 6.79. The number of benzene rings is 1. The van der Waals surface area contributed by atoms with Crippen molar-refractivity contribution < 1.29 is 4.79 Å². The summed E-state index contributed by atoms with van der Waals surface area (Å²) in [4.78, 5) is 11.7. The molecule has 0 aliphatic rings. The summed E-state index contributed by atoms with van der Waals surface area (Å²) in [5.41, 5.74) is 1.07. The molecule has 0 N–H and O–H groups in total. The van der Waals surface area contributed by atoms with Crippen molar-refractivity contribution in [1.82, 2.24) is 15.0 Å². The summed E-state index contributed by atoms with van der Waals surface area (Å²) < 4.78 is 0. The zero-order valence-corrected chi connectivity index (χ0v) is 7.85. The van der Waals surface area contributed by atoms with Crippen molar-refractivity contribution in [3.05, 3.63) is 41.2 Å². The van der Waals surface area contributed by atoms with Gasteiger partial charge in [-0.05, 0) is 24.3 Å². The molecule has 1 heterocycles. The summed E-state index contributed by atoms with van der Waals surface area (Å²) in [5.74, 6) is 0. The monoisotopic (exact) mass is 207 g/mol. The highest BCUT2D eigenvalue weighted by atomic mass is 35.5. The summed E-state index contributed by atoms with van der Waals surface area (Å²) in [5, 5.41) is 8.49. The highest BCUT2D eigenvalue weighted by Gasteiger charge is 2.00. The molecular weight excluding hydrogens is 202 g/mol. The Hall–Kier alpha value is -1.68. The Kier molecular flexibility index (Phi) is 2.28. The van der Waals surface area contributed by atoms with Crippen LogP contribution in [0.2, 0.25) is 5.02 Å². The summed E-state index contributed by atoms with van der Waals surface area (Å²) in [7, 11) is 0. The molecule has 0 saturated heterocycles. The van der Waals surface area contributed by atoms with E-state index in [2.05, 4.69) is 10.2 Å². The molecule has 0 spiro atoms. The van der Waals surface area contributed by atoms with Gasteiger partial charge in [-0.3, -0.25) is 4.79 Å². The van der Waals surface area contributed by atoms with E-state index in [9.17, 15) is 4.79 Å². The minimum atomic E-state index is 0.306. The van der Waals surface area contributed by atoms with Crippen molar-refractivity contribution in [2.24, 2.45) is 0 Å². The lowest BCUT2D eigenvalue weighted by Crippen LogP contribution is -1.98. The van der Waals surface area contributed by atoms with Crippen molar-refractivity contribution in [3.63, 3.8) is 0 Å². The van der Waals surface area contributed by atoms with Crippen LogP contribution in [0.15, 0.2) is 30.5 Å². The maximum atomic E-state index is 10.4. The lowest BCUT2D eigenvalue weighted by atomic mass is 10.3. The first-order valence-corrected chi connectivity index (χ1v) is 4.31. The van der Waals surface area contributed by atoms with Crippen LogP contribution in [-0.4, -0.2) is 21.3 Å². The smallest absolute Gasteiger partial charge is 0.171 e. The molecule has 70 valence electrons. The summed E-state index contributed by atoms with van der Waals surface area (Å²) in [6, 6.07) is 7.02. The molecule has 2 aromatic rings. The molecule has 0 radical (unpaired) electrons. The van der Waals surface area contributed by atoms with E-state index in [1.807, 2.05) is 0 Å². The van der Waals surface area contributed by atoms with Crippen LogP contribution in [0.1, 0.15) is 10.5 Å². The van der Waals surface area contributed by atoms with Gasteiger partial charge in [-0.15, -0.1) is 5.10 Å². The van der Waals surface area contributed by atoms with Gasteiger partial charge in [0.1, 0.15) is 5.69 Å². The second-order valence-electron chi connectivity index (χ2n) is 2.65. The molecule has 0 fully saturated rings. The van der Waals surface area contributed by atoms with Crippen LogP contribution < -0.4 is 0 Å². The molecule has 14 heavy (non-hydrogen) atoms. The standard InChI is InChI=1S/C9H6ClN3O/c10-7-1-3-9(4-2-7)13-11-5-8(6-14)12-13/h1-6H. The zero-order chi connectivity index (χ0) is 9.97. The van der Waals surface area contributed by atoms with Crippen molar-refractivity contribution in [2.75, 3.05) is 0 Å². The van der Waals surface area contributed by atoms with E-state index in [-0.39, 0.29) is 0 Å². The Morgan fingerprint density at radius 3 is 2.57 bits per heavy atom. The predicted molar refractivity (Wildman–Crippen MR) is 51.8 cm³/mol. The van der Waals surface area contributed by atoms with Gasteiger partial charge in [0.15, 0.2) is 6.29 Å². The SMILES string of the molecule is O=Cc1cnn(-c2ccc(Cl)cc2)n1. The fraction of sp³-hybridized carbons (Fsp3) is 0. The molecule has 2 rings (SSSR count). The van der Waals surface area contributed by atoms with Crippen LogP contribution in [-0.2, 0) is 0 Å². The van der Waals surface area contributed by atoms with Crippen LogP contribution in [0.3, 0.4) is 0 Å². The normalized spacial score (nSPS) is 10.1. The van der Waals surface area contributed by atoms with Gasteiger partial charge >= 0.3 is 0 Å². The van der Waals surface area contributed by atoms with Gasteiger partial charge in [-0.2, -0.15) is 9.90 Å². The quantitative estimate of drug-likeness (QED) is 0.705. The van der Waals surface area contributed by atoms with Gasteiger partial charge in [0.2, 0.25) is 0 Å². The fourth-order valence-corrected chi connectivity index (χ4v) is 1.15. The molecule has 1 aromatic carbocycles. The fourth-order valence-electron chi connectivity index (χ4n) is 1.03. The zero-order valence-electron chi connectivity index (χ0n) is 7.09. The molecule has 0 saturated carbocycles. The van der Waals surface area contributed by atoms with Crippen molar-refractivity contribution in [1.29, 1.82) is 0 Å². The summed E-state index contributed by atoms with van der Waals surface area (Å²) in [6.45, 7) is 0. The molecular formula is C9H6ClN3O. The lowest BCUT2D eigenvalue weighted by molar-refractivity contribution is 0.111. The maximum Gasteiger partial charge on any atom is 0.171 e. The van der Waals surface area contributed by atoms with E-state index in [0.717, 1.165) is 5.69 Å². The first-order valence-electron chi connectivity index (χ1n) is 3.93. The minimum absolute atomic E-state index is 0.306. The van der Waals surface area contributed by atoms with E-state index in [4.69, 9.17) is 11.6 Å². The van der Waals surface area contributed by atoms with Gasteiger partial charge in [0.25, 0.3) is 0 Å². The Morgan fingerprint density at radius 2 is 2.00 bits per heavy atom. The Morgan fingerprint density at radius 1 is 1.29 bits per heavy atom. The third kappa shape index (κ3) is 1.65.